The number of anilines is 1. The second-order valence-corrected chi connectivity index (χ2v) is 7.12. The molecule has 0 saturated carbocycles. The lowest BCUT2D eigenvalue weighted by Gasteiger charge is -2.14. The second-order valence-electron chi connectivity index (χ2n) is 7.12. The van der Waals surface area contributed by atoms with E-state index in [9.17, 15) is 4.79 Å². The minimum Gasteiger partial charge on any atom is -0.305 e. The Labute approximate surface area is 146 Å². The van der Waals surface area contributed by atoms with Crippen LogP contribution < -0.4 is 5.32 Å². The Balaban J connectivity index is 2.02. The molecule has 0 unspecified atom stereocenters. The molecule has 0 aliphatic rings. The SMILES string of the molecule is Cc1ccc(-n2nc(C(C)(C)C)cc2NC(=O)c2n[nH]nc2C)cc1. The maximum absolute atomic E-state index is 12.5. The summed E-state index contributed by atoms with van der Waals surface area (Å²) in [6.45, 7) is 10.0. The lowest BCUT2D eigenvalue weighted by molar-refractivity contribution is 0.102. The summed E-state index contributed by atoms with van der Waals surface area (Å²) in [6.07, 6.45) is 0. The average Bonchev–Trinajstić information content (AvgIpc) is 3.14. The number of carbonyl (C=O) groups is 1. The minimum atomic E-state index is -0.319. The fraction of sp³-hybridized carbons (Fsp3) is 0.333. The van der Waals surface area contributed by atoms with Gasteiger partial charge in [0.05, 0.1) is 17.1 Å². The van der Waals surface area contributed by atoms with Crippen molar-refractivity contribution in [1.82, 2.24) is 25.2 Å². The maximum Gasteiger partial charge on any atom is 0.279 e. The number of hydrogen-bond donors (Lipinski definition) is 2. The molecule has 0 atom stereocenters. The summed E-state index contributed by atoms with van der Waals surface area (Å²) in [5, 5.41) is 17.9. The number of hydrogen-bond acceptors (Lipinski definition) is 4. The van der Waals surface area contributed by atoms with Crippen molar-refractivity contribution in [2.24, 2.45) is 0 Å². The van der Waals surface area contributed by atoms with E-state index in [4.69, 9.17) is 5.10 Å². The first-order chi connectivity index (χ1) is 11.8. The van der Waals surface area contributed by atoms with Crippen molar-refractivity contribution in [1.29, 1.82) is 0 Å². The molecule has 0 aliphatic heterocycles. The van der Waals surface area contributed by atoms with E-state index in [1.807, 2.05) is 37.3 Å². The van der Waals surface area contributed by atoms with Crippen molar-refractivity contribution < 1.29 is 4.79 Å². The standard InChI is InChI=1S/C18H22N6O/c1-11-6-8-13(9-7-11)24-15(10-14(22-24)18(3,4)5)19-17(25)16-12(2)20-23-21-16/h6-10H,1-5H3,(H,19,25)(H,20,21,23). The smallest absolute Gasteiger partial charge is 0.279 e. The summed E-state index contributed by atoms with van der Waals surface area (Å²) >= 11 is 0. The van der Waals surface area contributed by atoms with Gasteiger partial charge in [0.15, 0.2) is 5.69 Å². The highest BCUT2D eigenvalue weighted by molar-refractivity contribution is 6.03. The quantitative estimate of drug-likeness (QED) is 0.768. The van der Waals surface area contributed by atoms with E-state index in [1.165, 1.54) is 0 Å². The van der Waals surface area contributed by atoms with E-state index < -0.39 is 0 Å². The van der Waals surface area contributed by atoms with Crippen LogP contribution in [0.1, 0.15) is 48.2 Å². The molecule has 0 aliphatic carbocycles. The molecule has 1 amide bonds. The van der Waals surface area contributed by atoms with Crippen molar-refractivity contribution in [3.63, 3.8) is 0 Å². The Hall–Kier alpha value is -2.96. The maximum atomic E-state index is 12.5. The highest BCUT2D eigenvalue weighted by Crippen LogP contribution is 2.26. The van der Waals surface area contributed by atoms with Crippen LogP contribution in [0.2, 0.25) is 0 Å². The van der Waals surface area contributed by atoms with Gasteiger partial charge in [0.2, 0.25) is 0 Å². The molecule has 1 aromatic carbocycles. The molecule has 2 aromatic heterocycles. The molecule has 7 heteroatoms. The fourth-order valence-corrected chi connectivity index (χ4v) is 2.39. The molecule has 2 N–H and O–H groups in total. The number of nitrogens with one attached hydrogen (secondary N) is 2. The van der Waals surface area contributed by atoms with Crippen LogP contribution >= 0.6 is 0 Å². The number of carbonyl (C=O) groups excluding carboxylic acids is 1. The molecule has 130 valence electrons. The van der Waals surface area contributed by atoms with Crippen molar-refractivity contribution in [3.05, 3.63) is 53.0 Å². The lowest BCUT2D eigenvalue weighted by Crippen LogP contribution is -2.16. The topological polar surface area (TPSA) is 88.5 Å². The summed E-state index contributed by atoms with van der Waals surface area (Å²) in [4.78, 5) is 12.5. The fourth-order valence-electron chi connectivity index (χ4n) is 2.39. The number of H-pyrrole nitrogens is 1. The van der Waals surface area contributed by atoms with Gasteiger partial charge in [-0.1, -0.05) is 38.5 Å². The molecular formula is C18H22N6O. The number of aryl methyl sites for hydroxylation is 2. The van der Waals surface area contributed by atoms with E-state index >= 15 is 0 Å². The van der Waals surface area contributed by atoms with Crippen LogP contribution in [0.3, 0.4) is 0 Å². The monoisotopic (exact) mass is 338 g/mol. The highest BCUT2D eigenvalue weighted by Gasteiger charge is 2.23. The van der Waals surface area contributed by atoms with Gasteiger partial charge < -0.3 is 5.32 Å². The van der Waals surface area contributed by atoms with E-state index in [1.54, 1.807) is 11.6 Å². The summed E-state index contributed by atoms with van der Waals surface area (Å²) in [5.74, 6) is 0.279. The molecule has 0 bridgehead atoms. The lowest BCUT2D eigenvalue weighted by atomic mass is 9.92. The van der Waals surface area contributed by atoms with Crippen molar-refractivity contribution in [3.8, 4) is 5.69 Å². The van der Waals surface area contributed by atoms with Gasteiger partial charge in [0.1, 0.15) is 5.82 Å². The molecule has 7 nitrogen and oxygen atoms in total. The number of rotatable bonds is 3. The summed E-state index contributed by atoms with van der Waals surface area (Å²) in [5.41, 5.74) is 3.62. The van der Waals surface area contributed by atoms with Gasteiger partial charge in [-0.15, -0.1) is 0 Å². The first-order valence-corrected chi connectivity index (χ1v) is 8.12. The zero-order valence-corrected chi connectivity index (χ0v) is 15.1. The normalized spacial score (nSPS) is 11.6. The Kier molecular flexibility index (Phi) is 4.16. The zero-order valence-electron chi connectivity index (χ0n) is 15.1. The molecule has 2 heterocycles. The number of aromatic amines is 1. The van der Waals surface area contributed by atoms with Crippen LogP contribution in [0.25, 0.3) is 5.69 Å². The molecule has 3 rings (SSSR count). The Morgan fingerprint density at radius 2 is 1.80 bits per heavy atom. The van der Waals surface area contributed by atoms with Crippen molar-refractivity contribution >= 4 is 11.7 Å². The summed E-state index contributed by atoms with van der Waals surface area (Å²) in [6, 6.07) is 9.88. The molecular weight excluding hydrogens is 316 g/mol. The molecule has 0 spiro atoms. The van der Waals surface area contributed by atoms with Crippen molar-refractivity contribution in [2.75, 3.05) is 5.32 Å². The minimum absolute atomic E-state index is 0.140. The van der Waals surface area contributed by atoms with E-state index in [2.05, 4.69) is 41.5 Å². The molecule has 0 radical (unpaired) electrons. The zero-order chi connectivity index (χ0) is 18.2. The molecule has 25 heavy (non-hydrogen) atoms. The van der Waals surface area contributed by atoms with Gasteiger partial charge in [0, 0.05) is 11.5 Å². The van der Waals surface area contributed by atoms with E-state index in [0.29, 0.717) is 11.5 Å². The Bertz CT molecular complexity index is 899. The van der Waals surface area contributed by atoms with Gasteiger partial charge in [-0.2, -0.15) is 20.5 Å². The third-order valence-electron chi connectivity index (χ3n) is 3.94. The first kappa shape index (κ1) is 16.9. The van der Waals surface area contributed by atoms with Gasteiger partial charge >= 0.3 is 0 Å². The highest BCUT2D eigenvalue weighted by atomic mass is 16.2. The number of benzene rings is 1. The summed E-state index contributed by atoms with van der Waals surface area (Å²) in [7, 11) is 0. The number of amides is 1. The average molecular weight is 338 g/mol. The molecule has 0 fully saturated rings. The van der Waals surface area contributed by atoms with Gasteiger partial charge in [0.25, 0.3) is 5.91 Å². The van der Waals surface area contributed by atoms with Gasteiger partial charge in [-0.3, -0.25) is 4.79 Å². The summed E-state index contributed by atoms with van der Waals surface area (Å²) < 4.78 is 1.74. The predicted molar refractivity (Wildman–Crippen MR) is 96.1 cm³/mol. The third kappa shape index (κ3) is 3.45. The Morgan fingerprint density at radius 3 is 2.36 bits per heavy atom. The third-order valence-corrected chi connectivity index (χ3v) is 3.94. The van der Waals surface area contributed by atoms with E-state index in [-0.39, 0.29) is 17.0 Å². The van der Waals surface area contributed by atoms with Crippen LogP contribution in [0.4, 0.5) is 5.82 Å². The van der Waals surface area contributed by atoms with Gasteiger partial charge in [-0.25, -0.2) is 4.68 Å². The largest absolute Gasteiger partial charge is 0.305 e. The molecule has 0 saturated heterocycles. The van der Waals surface area contributed by atoms with Crippen LogP contribution in [0.5, 0.6) is 0 Å². The van der Waals surface area contributed by atoms with Crippen molar-refractivity contribution in [2.45, 2.75) is 40.0 Å². The Morgan fingerprint density at radius 1 is 1.12 bits per heavy atom. The van der Waals surface area contributed by atoms with Crippen LogP contribution in [-0.4, -0.2) is 31.1 Å². The van der Waals surface area contributed by atoms with Crippen LogP contribution in [-0.2, 0) is 5.41 Å². The van der Waals surface area contributed by atoms with Crippen LogP contribution in [0.15, 0.2) is 30.3 Å². The van der Waals surface area contributed by atoms with Gasteiger partial charge in [-0.05, 0) is 26.0 Å². The van der Waals surface area contributed by atoms with E-state index in [0.717, 1.165) is 16.9 Å². The number of aromatic nitrogens is 5. The van der Waals surface area contributed by atoms with Crippen LogP contribution in [0, 0.1) is 13.8 Å². The molecule has 3 aromatic rings. The first-order valence-electron chi connectivity index (χ1n) is 8.12. The second kappa shape index (κ2) is 6.16. The predicted octanol–water partition coefficient (Wildman–Crippen LogP) is 3.16. The number of nitrogens with zero attached hydrogens (tertiary/aromatic N) is 4.